The summed E-state index contributed by atoms with van der Waals surface area (Å²) >= 11 is 0. The van der Waals surface area contributed by atoms with Gasteiger partial charge in [0.05, 0.1) is 9.79 Å². The van der Waals surface area contributed by atoms with Gasteiger partial charge < -0.3 is 10.2 Å². The summed E-state index contributed by atoms with van der Waals surface area (Å²) in [6.07, 6.45) is 5.03. The molecule has 2 N–H and O–H groups in total. The molecule has 2 aromatic heterocycles. The first-order valence-corrected chi connectivity index (χ1v) is 8.83. The normalized spacial score (nSPS) is 13.6. The number of aliphatic carboxylic acids is 2. The summed E-state index contributed by atoms with van der Waals surface area (Å²) in [5.41, 5.74) is -1.83. The lowest BCUT2D eigenvalue weighted by Gasteiger charge is -2.22. The molecule has 0 aliphatic heterocycles. The van der Waals surface area contributed by atoms with E-state index in [1.54, 1.807) is 0 Å². The quantitative estimate of drug-likeness (QED) is 0.770. The fourth-order valence-electron chi connectivity index (χ4n) is 2.11. The first-order valence-electron chi connectivity index (χ1n) is 7.31. The van der Waals surface area contributed by atoms with Gasteiger partial charge in [-0.05, 0) is 37.6 Å². The summed E-state index contributed by atoms with van der Waals surface area (Å²) < 4.78 is 17.9. The predicted molar refractivity (Wildman–Crippen MR) is 88.5 cm³/mol. The molecule has 0 bridgehead atoms. The van der Waals surface area contributed by atoms with Crippen LogP contribution in [-0.4, -0.2) is 41.9 Å². The van der Waals surface area contributed by atoms with Crippen molar-refractivity contribution in [3.63, 3.8) is 0 Å². The summed E-state index contributed by atoms with van der Waals surface area (Å²) in [5, 5.41) is 18.4. The SMILES string of the molecule is CC(CCC(=O)O)(N=S(=O)(c1ccncc1)c1ccncc1)C(=O)O. The second kappa shape index (κ2) is 7.39. The number of hydrogen-bond acceptors (Lipinski definition) is 6. The van der Waals surface area contributed by atoms with Crippen molar-refractivity contribution >= 4 is 21.7 Å². The van der Waals surface area contributed by atoms with Gasteiger partial charge >= 0.3 is 11.9 Å². The van der Waals surface area contributed by atoms with Crippen molar-refractivity contribution in [2.75, 3.05) is 0 Å². The highest BCUT2D eigenvalue weighted by atomic mass is 32.2. The van der Waals surface area contributed by atoms with Gasteiger partial charge in [-0.25, -0.2) is 13.4 Å². The number of rotatable bonds is 7. The first kappa shape index (κ1) is 18.5. The summed E-state index contributed by atoms with van der Waals surface area (Å²) in [6.45, 7) is 1.26. The number of carboxylic acids is 2. The third kappa shape index (κ3) is 4.18. The second-order valence-electron chi connectivity index (χ2n) is 5.46. The van der Waals surface area contributed by atoms with Crippen molar-refractivity contribution in [3.8, 4) is 0 Å². The Balaban J connectivity index is 2.70. The molecule has 9 heteroatoms. The molecule has 0 fully saturated rings. The zero-order chi connectivity index (χ0) is 18.5. The Bertz CT molecular complexity index is 834. The molecule has 0 radical (unpaired) electrons. The zero-order valence-corrected chi connectivity index (χ0v) is 14.2. The smallest absolute Gasteiger partial charge is 0.332 e. The van der Waals surface area contributed by atoms with E-state index in [1.165, 1.54) is 56.0 Å². The van der Waals surface area contributed by atoms with Gasteiger partial charge in [0.1, 0.15) is 9.73 Å². The van der Waals surface area contributed by atoms with Crippen molar-refractivity contribution in [1.29, 1.82) is 0 Å². The van der Waals surface area contributed by atoms with Crippen LogP contribution in [-0.2, 0) is 19.3 Å². The molecule has 2 heterocycles. The molecule has 0 aromatic carbocycles. The summed E-state index contributed by atoms with van der Waals surface area (Å²) in [5.74, 6) is -2.49. The van der Waals surface area contributed by atoms with E-state index in [0.29, 0.717) is 0 Å². The van der Waals surface area contributed by atoms with E-state index in [1.807, 2.05) is 0 Å². The molecule has 0 aliphatic rings. The van der Waals surface area contributed by atoms with Gasteiger partial charge in [0, 0.05) is 31.2 Å². The van der Waals surface area contributed by atoms with E-state index in [-0.39, 0.29) is 16.2 Å². The Morgan fingerprint density at radius 3 is 1.84 bits per heavy atom. The van der Waals surface area contributed by atoms with Crippen molar-refractivity contribution in [2.45, 2.75) is 35.1 Å². The van der Waals surface area contributed by atoms with E-state index in [4.69, 9.17) is 5.11 Å². The highest BCUT2D eigenvalue weighted by Crippen LogP contribution is 2.29. The van der Waals surface area contributed by atoms with Gasteiger partial charge in [0.2, 0.25) is 0 Å². The lowest BCUT2D eigenvalue weighted by Crippen LogP contribution is -2.35. The molecule has 1 atom stereocenters. The molecular weight excluding hydrogens is 346 g/mol. The number of aromatic nitrogens is 2. The van der Waals surface area contributed by atoms with Crippen LogP contribution in [0, 0.1) is 0 Å². The maximum atomic E-state index is 13.7. The average Bonchev–Trinajstić information content (AvgIpc) is 2.61. The Labute approximate surface area is 144 Å². The van der Waals surface area contributed by atoms with E-state index in [0.717, 1.165) is 0 Å². The minimum atomic E-state index is -3.33. The predicted octanol–water partition coefficient (Wildman–Crippen LogP) is 2.07. The lowest BCUT2D eigenvalue weighted by molar-refractivity contribution is -0.143. The molecule has 0 amide bonds. The van der Waals surface area contributed by atoms with Crippen LogP contribution in [0.2, 0.25) is 0 Å². The van der Waals surface area contributed by atoms with E-state index in [2.05, 4.69) is 14.3 Å². The molecule has 2 rings (SSSR count). The van der Waals surface area contributed by atoms with Crippen LogP contribution < -0.4 is 0 Å². The average molecular weight is 363 g/mol. The van der Waals surface area contributed by atoms with Crippen LogP contribution in [0.1, 0.15) is 19.8 Å². The van der Waals surface area contributed by atoms with Crippen molar-refractivity contribution in [3.05, 3.63) is 49.1 Å². The molecule has 2 aromatic rings. The molecular formula is C16H17N3O5S. The Morgan fingerprint density at radius 2 is 1.48 bits per heavy atom. The standard InChI is InChI=1S/C16H17N3O5S/c1-16(15(22)23,7-2-14(20)21)19-25(24,12-3-8-17-9-4-12)13-5-10-18-11-6-13/h3-6,8-11H,2,7H2,1H3,(H,20,21)(H,22,23). The van der Waals surface area contributed by atoms with Crippen LogP contribution in [0.3, 0.4) is 0 Å². The van der Waals surface area contributed by atoms with Crippen LogP contribution in [0.5, 0.6) is 0 Å². The van der Waals surface area contributed by atoms with Gasteiger partial charge in [0.15, 0.2) is 5.54 Å². The number of carboxylic acid groups (broad SMARTS) is 2. The molecule has 1 unspecified atom stereocenters. The molecule has 0 aliphatic carbocycles. The van der Waals surface area contributed by atoms with Gasteiger partial charge in [0.25, 0.3) is 0 Å². The first-order chi connectivity index (χ1) is 11.8. The van der Waals surface area contributed by atoms with Gasteiger partial charge in [-0.15, -0.1) is 0 Å². The molecule has 0 saturated heterocycles. The number of pyridine rings is 2. The van der Waals surface area contributed by atoms with Crippen LogP contribution >= 0.6 is 0 Å². The largest absolute Gasteiger partial charge is 0.481 e. The molecule has 132 valence electrons. The Kier molecular flexibility index (Phi) is 5.48. The maximum absolute atomic E-state index is 13.7. The maximum Gasteiger partial charge on any atom is 0.332 e. The lowest BCUT2D eigenvalue weighted by atomic mass is 9.98. The van der Waals surface area contributed by atoms with Crippen molar-refractivity contribution in [2.24, 2.45) is 4.36 Å². The van der Waals surface area contributed by atoms with E-state index in [9.17, 15) is 18.9 Å². The van der Waals surface area contributed by atoms with Gasteiger partial charge in [-0.3, -0.25) is 14.8 Å². The summed E-state index contributed by atoms with van der Waals surface area (Å²) in [7, 11) is -3.33. The van der Waals surface area contributed by atoms with Gasteiger partial charge in [-0.2, -0.15) is 0 Å². The molecule has 25 heavy (non-hydrogen) atoms. The monoisotopic (exact) mass is 363 g/mol. The van der Waals surface area contributed by atoms with E-state index < -0.39 is 33.6 Å². The number of carbonyl (C=O) groups is 2. The Hall–Kier alpha value is -2.81. The van der Waals surface area contributed by atoms with Gasteiger partial charge in [-0.1, -0.05) is 0 Å². The topological polar surface area (TPSA) is 130 Å². The van der Waals surface area contributed by atoms with E-state index >= 15 is 0 Å². The Morgan fingerprint density at radius 1 is 1.04 bits per heavy atom. The highest BCUT2D eigenvalue weighted by molar-refractivity contribution is 7.93. The molecule has 0 spiro atoms. The number of hydrogen-bond donors (Lipinski definition) is 2. The van der Waals surface area contributed by atoms with Crippen LogP contribution in [0.4, 0.5) is 0 Å². The second-order valence-corrected chi connectivity index (χ2v) is 7.63. The summed E-state index contributed by atoms with van der Waals surface area (Å²) in [6, 6.07) is 5.97. The third-order valence-electron chi connectivity index (χ3n) is 3.55. The minimum absolute atomic E-state index is 0.287. The van der Waals surface area contributed by atoms with Crippen molar-refractivity contribution in [1.82, 2.24) is 9.97 Å². The third-order valence-corrected chi connectivity index (χ3v) is 6.04. The van der Waals surface area contributed by atoms with Crippen molar-refractivity contribution < 1.29 is 24.0 Å². The minimum Gasteiger partial charge on any atom is -0.481 e. The van der Waals surface area contributed by atoms with Crippen LogP contribution in [0.25, 0.3) is 0 Å². The summed E-state index contributed by atoms with van der Waals surface area (Å²) in [4.78, 5) is 30.9. The highest BCUT2D eigenvalue weighted by Gasteiger charge is 2.36. The number of nitrogens with zero attached hydrogens (tertiary/aromatic N) is 3. The molecule has 0 saturated carbocycles. The van der Waals surface area contributed by atoms with Crippen LogP contribution in [0.15, 0.2) is 63.2 Å². The molecule has 8 nitrogen and oxygen atoms in total. The fourth-order valence-corrected chi connectivity index (χ4v) is 4.31. The zero-order valence-electron chi connectivity index (χ0n) is 13.4. The fraction of sp³-hybridized carbons (Fsp3) is 0.250.